The second kappa shape index (κ2) is 8.09. The van der Waals surface area contributed by atoms with Crippen LogP contribution in [0.25, 0.3) is 0 Å². The van der Waals surface area contributed by atoms with Gasteiger partial charge in [0, 0.05) is 56.8 Å². The number of anilines is 1. The lowest BCUT2D eigenvalue weighted by atomic mass is 9.82. The van der Waals surface area contributed by atoms with Gasteiger partial charge in [0.15, 0.2) is 5.60 Å². The monoisotopic (exact) mass is 469 g/mol. The predicted octanol–water partition coefficient (Wildman–Crippen LogP) is 3.43. The Morgan fingerprint density at radius 2 is 1.86 bits per heavy atom. The van der Waals surface area contributed by atoms with Gasteiger partial charge >= 0.3 is 0 Å². The first-order chi connectivity index (χ1) is 16.9. The van der Waals surface area contributed by atoms with Gasteiger partial charge in [0.1, 0.15) is 0 Å². The SMILES string of the molecule is CN(C)C(=O)CC1(O)C(=O)N(C2CCN(C3=C4C=CC=C5C=CC=C(C3)C54)CC2)c2ccccc21. The molecule has 1 saturated heterocycles. The molecule has 2 atom stereocenters. The van der Waals surface area contributed by atoms with Gasteiger partial charge in [0.2, 0.25) is 5.91 Å². The zero-order valence-corrected chi connectivity index (χ0v) is 20.3. The number of carbonyl (C=O) groups is 2. The van der Waals surface area contributed by atoms with Crippen LogP contribution in [0.1, 0.15) is 31.2 Å². The third kappa shape index (κ3) is 3.34. The van der Waals surface area contributed by atoms with E-state index < -0.39 is 5.60 Å². The number of para-hydroxylation sites is 1. The Bertz CT molecular complexity index is 1260. The minimum Gasteiger partial charge on any atom is -0.375 e. The van der Waals surface area contributed by atoms with E-state index in [2.05, 4.69) is 41.4 Å². The molecule has 2 amide bonds. The molecule has 6 nitrogen and oxygen atoms in total. The van der Waals surface area contributed by atoms with E-state index in [0.717, 1.165) is 38.0 Å². The van der Waals surface area contributed by atoms with E-state index in [1.165, 1.54) is 27.3 Å². The van der Waals surface area contributed by atoms with Crippen LogP contribution >= 0.6 is 0 Å². The lowest BCUT2D eigenvalue weighted by Crippen LogP contribution is -2.50. The number of aliphatic hydroxyl groups is 1. The Kier molecular flexibility index (Phi) is 5.11. The number of rotatable bonds is 4. The number of fused-ring (bicyclic) bond motifs is 1. The maximum atomic E-state index is 13.6. The fourth-order valence-electron chi connectivity index (χ4n) is 6.35. The summed E-state index contributed by atoms with van der Waals surface area (Å²) in [5, 5.41) is 11.5. The van der Waals surface area contributed by atoms with E-state index in [4.69, 9.17) is 0 Å². The summed E-state index contributed by atoms with van der Waals surface area (Å²) in [5.74, 6) is -0.238. The van der Waals surface area contributed by atoms with Gasteiger partial charge < -0.3 is 19.8 Å². The van der Waals surface area contributed by atoms with Crippen LogP contribution in [0.4, 0.5) is 5.69 Å². The average Bonchev–Trinajstić information content (AvgIpc) is 3.34. The summed E-state index contributed by atoms with van der Waals surface area (Å²) in [5.41, 5.74) is 5.13. The zero-order chi connectivity index (χ0) is 24.3. The van der Waals surface area contributed by atoms with Crippen LogP contribution in [0.3, 0.4) is 0 Å². The van der Waals surface area contributed by atoms with E-state index in [-0.39, 0.29) is 24.3 Å². The number of likely N-dealkylation sites (tertiary alicyclic amines) is 1. The molecule has 35 heavy (non-hydrogen) atoms. The summed E-state index contributed by atoms with van der Waals surface area (Å²) in [6.45, 7) is 1.73. The Balaban J connectivity index is 1.23. The van der Waals surface area contributed by atoms with E-state index in [0.29, 0.717) is 11.5 Å². The summed E-state index contributed by atoms with van der Waals surface area (Å²) in [7, 11) is 3.29. The van der Waals surface area contributed by atoms with Gasteiger partial charge in [0.05, 0.1) is 12.1 Å². The Labute approximate surface area is 206 Å². The summed E-state index contributed by atoms with van der Waals surface area (Å²) >= 11 is 0. The molecular weight excluding hydrogens is 438 g/mol. The Morgan fingerprint density at radius 3 is 2.63 bits per heavy atom. The highest BCUT2D eigenvalue weighted by molar-refractivity contribution is 6.09. The van der Waals surface area contributed by atoms with E-state index in [9.17, 15) is 14.7 Å². The van der Waals surface area contributed by atoms with Crippen molar-refractivity contribution in [2.45, 2.75) is 37.3 Å². The van der Waals surface area contributed by atoms with Crippen molar-refractivity contribution < 1.29 is 14.7 Å². The number of hydrogen-bond donors (Lipinski definition) is 1. The first-order valence-corrected chi connectivity index (χ1v) is 12.5. The second-order valence-electron chi connectivity index (χ2n) is 10.4. The minimum atomic E-state index is -1.81. The van der Waals surface area contributed by atoms with E-state index >= 15 is 0 Å². The molecule has 2 heterocycles. The predicted molar refractivity (Wildman–Crippen MR) is 135 cm³/mol. The topological polar surface area (TPSA) is 64.1 Å². The normalized spacial score (nSPS) is 27.2. The highest BCUT2D eigenvalue weighted by Crippen LogP contribution is 2.48. The molecule has 1 N–H and O–H groups in total. The smallest absolute Gasteiger partial charge is 0.264 e. The van der Waals surface area contributed by atoms with Crippen molar-refractivity contribution in [1.29, 1.82) is 0 Å². The second-order valence-corrected chi connectivity index (χ2v) is 10.4. The maximum Gasteiger partial charge on any atom is 0.264 e. The fraction of sp³-hybridized carbons (Fsp3) is 0.379. The van der Waals surface area contributed by atoms with Gasteiger partial charge in [0.25, 0.3) is 5.91 Å². The van der Waals surface area contributed by atoms with Crippen molar-refractivity contribution in [2.24, 2.45) is 5.92 Å². The molecule has 0 aromatic heterocycles. The van der Waals surface area contributed by atoms with Gasteiger partial charge in [-0.1, -0.05) is 60.2 Å². The Hall–Kier alpha value is -3.38. The fourth-order valence-corrected chi connectivity index (χ4v) is 6.35. The summed E-state index contributed by atoms with van der Waals surface area (Å²) in [6, 6.07) is 7.38. The molecule has 3 aliphatic carbocycles. The van der Waals surface area contributed by atoms with Crippen molar-refractivity contribution in [3.05, 3.63) is 88.7 Å². The van der Waals surface area contributed by atoms with Gasteiger partial charge in [-0.3, -0.25) is 9.59 Å². The quantitative estimate of drug-likeness (QED) is 0.734. The van der Waals surface area contributed by atoms with Crippen molar-refractivity contribution in [3.63, 3.8) is 0 Å². The maximum absolute atomic E-state index is 13.6. The third-order valence-electron chi connectivity index (χ3n) is 8.18. The van der Waals surface area contributed by atoms with Crippen LogP contribution in [0.15, 0.2) is 83.1 Å². The van der Waals surface area contributed by atoms with E-state index in [1.807, 2.05) is 18.2 Å². The van der Waals surface area contributed by atoms with Crippen molar-refractivity contribution in [1.82, 2.24) is 9.80 Å². The first-order valence-electron chi connectivity index (χ1n) is 12.5. The first kappa shape index (κ1) is 22.1. The molecule has 180 valence electrons. The van der Waals surface area contributed by atoms with Crippen LogP contribution in [0, 0.1) is 5.92 Å². The van der Waals surface area contributed by atoms with Gasteiger partial charge in [-0.15, -0.1) is 0 Å². The standard InChI is InChI=1S/C29H31N3O3/c1-30(2)26(33)18-29(35)23-11-3-4-12-24(23)32(28(29)34)21-13-15-31(16-14-21)25-17-20-9-5-7-19-8-6-10-22(25)27(19)20/h3-12,21,27,35H,13-18H2,1-2H3. The van der Waals surface area contributed by atoms with Crippen LogP contribution in [0.2, 0.25) is 0 Å². The lowest BCUT2D eigenvalue weighted by Gasteiger charge is -2.39. The molecule has 1 fully saturated rings. The summed E-state index contributed by atoms with van der Waals surface area (Å²) in [4.78, 5) is 31.8. The van der Waals surface area contributed by atoms with Gasteiger partial charge in [-0.2, -0.15) is 0 Å². The average molecular weight is 470 g/mol. The highest BCUT2D eigenvalue weighted by Gasteiger charge is 2.53. The number of allylic oxidation sites excluding steroid dienone is 9. The minimum absolute atomic E-state index is 0.00380. The molecule has 0 saturated carbocycles. The number of nitrogens with zero attached hydrogens (tertiary/aromatic N) is 3. The number of benzene rings is 1. The number of carbonyl (C=O) groups excluding carboxylic acids is 2. The molecule has 0 bridgehead atoms. The highest BCUT2D eigenvalue weighted by atomic mass is 16.3. The van der Waals surface area contributed by atoms with Crippen LogP contribution in [-0.4, -0.2) is 59.9 Å². The number of piperidine rings is 1. The molecule has 6 rings (SSSR count). The van der Waals surface area contributed by atoms with Gasteiger partial charge in [-0.05, 0) is 30.1 Å². The Morgan fingerprint density at radius 1 is 1.11 bits per heavy atom. The largest absolute Gasteiger partial charge is 0.375 e. The molecule has 0 radical (unpaired) electrons. The molecule has 1 aromatic carbocycles. The molecule has 6 heteroatoms. The van der Waals surface area contributed by atoms with Gasteiger partial charge in [-0.25, -0.2) is 0 Å². The summed E-state index contributed by atoms with van der Waals surface area (Å²) in [6.07, 6.45) is 15.6. The van der Waals surface area contributed by atoms with Crippen molar-refractivity contribution >= 4 is 17.5 Å². The molecule has 5 aliphatic rings. The van der Waals surface area contributed by atoms with Crippen molar-refractivity contribution in [2.75, 3.05) is 32.1 Å². The van der Waals surface area contributed by atoms with E-state index in [1.54, 1.807) is 25.1 Å². The number of hydrogen-bond acceptors (Lipinski definition) is 4. The van der Waals surface area contributed by atoms with Crippen LogP contribution in [0.5, 0.6) is 0 Å². The molecule has 1 aromatic rings. The summed E-state index contributed by atoms with van der Waals surface area (Å²) < 4.78 is 0. The lowest BCUT2D eigenvalue weighted by molar-refractivity contribution is -0.146. The molecule has 2 aliphatic heterocycles. The van der Waals surface area contributed by atoms with Crippen molar-refractivity contribution in [3.8, 4) is 0 Å². The van der Waals surface area contributed by atoms with Crippen LogP contribution < -0.4 is 4.90 Å². The molecular formula is C29H31N3O3. The molecule has 0 spiro atoms. The third-order valence-corrected chi connectivity index (χ3v) is 8.18. The van der Waals surface area contributed by atoms with Crippen LogP contribution in [-0.2, 0) is 15.2 Å². The molecule has 2 unspecified atom stereocenters. The number of amides is 2. The zero-order valence-electron chi connectivity index (χ0n) is 20.3.